The molecule has 0 aliphatic carbocycles. The zero-order chi connectivity index (χ0) is 18.7. The molecule has 4 N–H and O–H groups in total. The molecular weight excluding hydrogens is 336 g/mol. The van der Waals surface area contributed by atoms with Gasteiger partial charge in [-0.3, -0.25) is 4.79 Å². The number of aromatic hydroxyl groups is 3. The van der Waals surface area contributed by atoms with Crippen LogP contribution in [0.4, 0.5) is 0 Å². The molecule has 0 amide bonds. The normalized spacial score (nSPS) is 11.0. The van der Waals surface area contributed by atoms with Gasteiger partial charge in [0.15, 0.2) is 11.5 Å². The van der Waals surface area contributed by atoms with Crippen LogP contribution < -0.4 is 10.3 Å². The van der Waals surface area contributed by atoms with Gasteiger partial charge in [0.2, 0.25) is 5.88 Å². The van der Waals surface area contributed by atoms with Gasteiger partial charge < -0.3 is 25.0 Å². The van der Waals surface area contributed by atoms with Gasteiger partial charge in [-0.05, 0) is 31.0 Å². The Morgan fingerprint density at radius 1 is 1.08 bits per heavy atom. The summed E-state index contributed by atoms with van der Waals surface area (Å²) in [4.78, 5) is 18.6. The number of aromatic nitrogens is 2. The third kappa shape index (κ3) is 3.72. The molecular formula is C19H20N2O5. The molecule has 2 aromatic heterocycles. The van der Waals surface area contributed by atoms with E-state index in [1.807, 2.05) is 0 Å². The van der Waals surface area contributed by atoms with Crippen LogP contribution in [0.25, 0.3) is 10.9 Å². The second-order valence-electron chi connectivity index (χ2n) is 6.08. The van der Waals surface area contributed by atoms with E-state index in [1.54, 1.807) is 6.07 Å². The second kappa shape index (κ2) is 7.35. The summed E-state index contributed by atoms with van der Waals surface area (Å²) in [5.74, 6) is -0.728. The largest absolute Gasteiger partial charge is 0.508 e. The number of unbranched alkanes of at least 4 members (excludes halogenated alkanes) is 2. The van der Waals surface area contributed by atoms with Crippen LogP contribution in [-0.2, 0) is 6.42 Å². The van der Waals surface area contributed by atoms with E-state index in [1.165, 1.54) is 24.3 Å². The maximum atomic E-state index is 12.4. The molecule has 0 spiro atoms. The van der Waals surface area contributed by atoms with Crippen LogP contribution in [0.3, 0.4) is 0 Å². The zero-order valence-corrected chi connectivity index (χ0v) is 14.3. The lowest BCUT2D eigenvalue weighted by Gasteiger charge is -2.11. The number of benzene rings is 1. The number of rotatable bonds is 6. The smallest absolute Gasteiger partial charge is 0.258 e. The van der Waals surface area contributed by atoms with Crippen LogP contribution in [0.15, 0.2) is 35.1 Å². The van der Waals surface area contributed by atoms with Crippen molar-refractivity contribution in [3.05, 3.63) is 46.2 Å². The summed E-state index contributed by atoms with van der Waals surface area (Å²) < 4.78 is 5.60. The first kappa shape index (κ1) is 17.6. The topological polar surface area (TPSA) is 116 Å². The molecule has 0 saturated carbocycles. The Morgan fingerprint density at radius 3 is 2.62 bits per heavy atom. The molecule has 0 atom stereocenters. The Balaban J connectivity index is 2.02. The van der Waals surface area contributed by atoms with Gasteiger partial charge in [0.1, 0.15) is 5.75 Å². The Hall–Kier alpha value is -3.22. The van der Waals surface area contributed by atoms with Crippen LogP contribution in [0, 0.1) is 0 Å². The highest BCUT2D eigenvalue weighted by atomic mass is 16.5. The molecule has 7 nitrogen and oxygen atoms in total. The van der Waals surface area contributed by atoms with Gasteiger partial charge in [-0.15, -0.1) is 0 Å². The number of H-pyrrole nitrogens is 1. The molecule has 136 valence electrons. The molecule has 1 aromatic carbocycles. The molecule has 3 aromatic rings. The lowest BCUT2D eigenvalue weighted by atomic mass is 10.1. The van der Waals surface area contributed by atoms with Crippen LogP contribution >= 0.6 is 0 Å². The Kier molecular flexibility index (Phi) is 4.97. The number of fused-ring (bicyclic) bond motifs is 1. The van der Waals surface area contributed by atoms with Crippen molar-refractivity contribution >= 4 is 10.9 Å². The van der Waals surface area contributed by atoms with Gasteiger partial charge in [0.05, 0.1) is 5.52 Å². The van der Waals surface area contributed by atoms with E-state index >= 15 is 0 Å². The predicted octanol–water partition coefficient (Wildman–Crippen LogP) is 3.56. The van der Waals surface area contributed by atoms with E-state index in [9.17, 15) is 20.1 Å². The Bertz CT molecular complexity index is 997. The minimum atomic E-state index is -0.500. The number of pyridine rings is 2. The number of nitrogens with one attached hydrogen (secondary N) is 1. The van der Waals surface area contributed by atoms with Gasteiger partial charge in [-0.2, -0.15) is 4.98 Å². The molecule has 0 radical (unpaired) electrons. The maximum absolute atomic E-state index is 12.4. The number of hydrogen-bond donors (Lipinski definition) is 4. The van der Waals surface area contributed by atoms with Crippen molar-refractivity contribution in [1.82, 2.24) is 9.97 Å². The molecule has 0 fully saturated rings. The van der Waals surface area contributed by atoms with Crippen molar-refractivity contribution in [1.29, 1.82) is 0 Å². The zero-order valence-electron chi connectivity index (χ0n) is 14.3. The second-order valence-corrected chi connectivity index (χ2v) is 6.08. The van der Waals surface area contributed by atoms with Gasteiger partial charge in [0, 0.05) is 23.1 Å². The summed E-state index contributed by atoms with van der Waals surface area (Å²) in [5, 5.41) is 29.7. The van der Waals surface area contributed by atoms with Crippen molar-refractivity contribution in [3.8, 4) is 29.0 Å². The molecule has 0 aliphatic rings. The first-order valence-corrected chi connectivity index (χ1v) is 8.43. The number of ether oxygens (including phenoxy) is 1. The molecule has 0 aliphatic heterocycles. The number of hydrogen-bond acceptors (Lipinski definition) is 6. The standard InChI is InChI=1S/C19H20N2O5/c1-2-3-4-5-11-8-12-9-13(22)10-15(17(12)21-18(11)24)26-14-6-7-16(23)20-19(14)25/h6-10,22H,2-5H2,1H3,(H,21,24)(H2,20,23,25). The number of phenols is 1. The van der Waals surface area contributed by atoms with Gasteiger partial charge in [-0.1, -0.05) is 19.8 Å². The lowest BCUT2D eigenvalue weighted by molar-refractivity contribution is 0.377. The third-order valence-electron chi connectivity index (χ3n) is 4.07. The van der Waals surface area contributed by atoms with Crippen LogP contribution in [0.1, 0.15) is 31.7 Å². The quantitative estimate of drug-likeness (QED) is 0.502. The minimum absolute atomic E-state index is 0.0115. The third-order valence-corrected chi connectivity index (χ3v) is 4.07. The summed E-state index contributed by atoms with van der Waals surface area (Å²) in [6.45, 7) is 2.10. The van der Waals surface area contributed by atoms with E-state index in [0.717, 1.165) is 19.3 Å². The van der Waals surface area contributed by atoms with E-state index in [2.05, 4.69) is 16.9 Å². The average molecular weight is 356 g/mol. The van der Waals surface area contributed by atoms with Crippen molar-refractivity contribution in [3.63, 3.8) is 0 Å². The first-order chi connectivity index (χ1) is 12.5. The van der Waals surface area contributed by atoms with Crippen LogP contribution in [0.2, 0.25) is 0 Å². The molecule has 0 bridgehead atoms. The summed E-state index contributed by atoms with van der Waals surface area (Å²) in [6, 6.07) is 7.21. The Labute approximate surface area is 149 Å². The van der Waals surface area contributed by atoms with Gasteiger partial charge in [0.25, 0.3) is 11.4 Å². The fourth-order valence-corrected chi connectivity index (χ4v) is 2.77. The number of aryl methyl sites for hydroxylation is 1. The predicted molar refractivity (Wildman–Crippen MR) is 97.1 cm³/mol. The first-order valence-electron chi connectivity index (χ1n) is 8.43. The van der Waals surface area contributed by atoms with Crippen LogP contribution in [-0.4, -0.2) is 25.3 Å². The summed E-state index contributed by atoms with van der Waals surface area (Å²) in [5.41, 5.74) is 0.841. The Morgan fingerprint density at radius 2 is 1.88 bits per heavy atom. The van der Waals surface area contributed by atoms with Crippen molar-refractivity contribution in [2.24, 2.45) is 0 Å². The average Bonchev–Trinajstić information content (AvgIpc) is 2.58. The molecule has 3 rings (SSSR count). The molecule has 2 heterocycles. The fourth-order valence-electron chi connectivity index (χ4n) is 2.77. The SMILES string of the molecule is CCCCCc1cc2cc(O)cc(Oc3ccc(O)nc3O)c2[nH]c1=O. The summed E-state index contributed by atoms with van der Waals surface area (Å²) in [7, 11) is 0. The highest BCUT2D eigenvalue weighted by molar-refractivity contribution is 5.86. The van der Waals surface area contributed by atoms with Gasteiger partial charge in [-0.25, -0.2) is 0 Å². The maximum Gasteiger partial charge on any atom is 0.258 e. The number of nitrogens with zero attached hydrogens (tertiary/aromatic N) is 1. The van der Waals surface area contributed by atoms with Crippen molar-refractivity contribution in [2.45, 2.75) is 32.6 Å². The lowest BCUT2D eigenvalue weighted by Crippen LogP contribution is -2.12. The summed E-state index contributed by atoms with van der Waals surface area (Å²) >= 11 is 0. The van der Waals surface area contributed by atoms with E-state index < -0.39 is 5.88 Å². The molecule has 0 unspecified atom stereocenters. The monoisotopic (exact) mass is 356 g/mol. The van der Waals surface area contributed by atoms with Gasteiger partial charge >= 0.3 is 0 Å². The van der Waals surface area contributed by atoms with E-state index in [4.69, 9.17) is 4.74 Å². The highest BCUT2D eigenvalue weighted by Gasteiger charge is 2.13. The highest BCUT2D eigenvalue weighted by Crippen LogP contribution is 2.36. The van der Waals surface area contributed by atoms with E-state index in [-0.39, 0.29) is 28.7 Å². The summed E-state index contributed by atoms with van der Waals surface area (Å²) in [6.07, 6.45) is 3.68. The number of phenolic OH excluding ortho intramolecular Hbond substituents is 1. The minimum Gasteiger partial charge on any atom is -0.508 e. The fraction of sp³-hybridized carbons (Fsp3) is 0.263. The number of aromatic amines is 1. The molecule has 0 saturated heterocycles. The van der Waals surface area contributed by atoms with Crippen LogP contribution in [0.5, 0.6) is 29.0 Å². The molecule has 26 heavy (non-hydrogen) atoms. The van der Waals surface area contributed by atoms with Crippen molar-refractivity contribution in [2.75, 3.05) is 0 Å². The molecule has 7 heteroatoms. The van der Waals surface area contributed by atoms with Crippen molar-refractivity contribution < 1.29 is 20.1 Å². The van der Waals surface area contributed by atoms with E-state index in [0.29, 0.717) is 22.9 Å².